The van der Waals surface area contributed by atoms with Crippen LogP contribution in [0.25, 0.3) is 0 Å². The van der Waals surface area contributed by atoms with Crippen molar-refractivity contribution in [3.8, 4) is 0 Å². The van der Waals surface area contributed by atoms with E-state index in [9.17, 15) is 4.79 Å². The summed E-state index contributed by atoms with van der Waals surface area (Å²) >= 11 is 0. The van der Waals surface area contributed by atoms with Crippen LogP contribution in [0.1, 0.15) is 30.4 Å². The molecule has 2 heterocycles. The van der Waals surface area contributed by atoms with Crippen LogP contribution in [-0.4, -0.2) is 41.8 Å². The van der Waals surface area contributed by atoms with E-state index in [1.54, 1.807) is 0 Å². The van der Waals surface area contributed by atoms with Crippen LogP contribution in [0.2, 0.25) is 0 Å². The fourth-order valence-corrected chi connectivity index (χ4v) is 3.10. The van der Waals surface area contributed by atoms with Gasteiger partial charge in [0.15, 0.2) is 5.76 Å². The van der Waals surface area contributed by atoms with Crippen molar-refractivity contribution < 1.29 is 14.1 Å². The maximum Gasteiger partial charge on any atom is 0.227 e. The lowest BCUT2D eigenvalue weighted by molar-refractivity contribution is -0.121. The van der Waals surface area contributed by atoms with Gasteiger partial charge in [-0.3, -0.25) is 9.69 Å². The predicted molar refractivity (Wildman–Crippen MR) is 95.3 cm³/mol. The number of nitrogens with zero attached hydrogens (tertiary/aromatic N) is 2. The first-order valence-corrected chi connectivity index (χ1v) is 8.78. The first-order chi connectivity index (χ1) is 12.2. The second-order valence-corrected chi connectivity index (χ2v) is 6.39. The van der Waals surface area contributed by atoms with Crippen molar-refractivity contribution in [2.75, 3.05) is 25.0 Å². The van der Waals surface area contributed by atoms with Gasteiger partial charge in [-0.25, -0.2) is 0 Å². The average molecular weight is 343 g/mol. The van der Waals surface area contributed by atoms with Crippen molar-refractivity contribution in [2.45, 2.75) is 39.3 Å². The fourth-order valence-electron chi connectivity index (χ4n) is 3.10. The van der Waals surface area contributed by atoms with Gasteiger partial charge in [-0.05, 0) is 12.5 Å². The molecule has 0 bridgehead atoms. The van der Waals surface area contributed by atoms with Crippen molar-refractivity contribution in [3.05, 3.63) is 47.3 Å². The summed E-state index contributed by atoms with van der Waals surface area (Å²) in [5, 5.41) is 6.84. The predicted octanol–water partition coefficient (Wildman–Crippen LogP) is 2.78. The largest absolute Gasteiger partial charge is 0.375 e. The Morgan fingerprint density at radius 1 is 1.36 bits per heavy atom. The van der Waals surface area contributed by atoms with Gasteiger partial charge in [-0.2, -0.15) is 0 Å². The number of hydrogen-bond donors (Lipinski definition) is 1. The van der Waals surface area contributed by atoms with Crippen LogP contribution >= 0.6 is 0 Å². The molecule has 6 nitrogen and oxygen atoms in total. The van der Waals surface area contributed by atoms with Gasteiger partial charge in [0.05, 0.1) is 19.1 Å². The summed E-state index contributed by atoms with van der Waals surface area (Å²) in [5.74, 6) is 0.647. The highest BCUT2D eigenvalue weighted by molar-refractivity contribution is 5.92. The maximum atomic E-state index is 12.4. The third kappa shape index (κ3) is 4.67. The number of anilines is 1. The van der Waals surface area contributed by atoms with E-state index < -0.39 is 0 Å². The molecule has 0 unspecified atom stereocenters. The Morgan fingerprint density at radius 3 is 2.92 bits per heavy atom. The van der Waals surface area contributed by atoms with Crippen LogP contribution in [0.4, 0.5) is 5.69 Å². The molecule has 2 aromatic rings. The summed E-state index contributed by atoms with van der Waals surface area (Å²) in [6.07, 6.45) is 0.933. The minimum atomic E-state index is -0.0947. The summed E-state index contributed by atoms with van der Waals surface area (Å²) in [6.45, 7) is 6.98. The molecule has 1 aliphatic rings. The number of nitrogens with one attached hydrogen (secondary N) is 1. The summed E-state index contributed by atoms with van der Waals surface area (Å²) < 4.78 is 11.0. The van der Waals surface area contributed by atoms with Gasteiger partial charge in [0.2, 0.25) is 5.91 Å². The molecule has 0 radical (unpaired) electrons. The van der Waals surface area contributed by atoms with Gasteiger partial charge in [0.1, 0.15) is 11.4 Å². The van der Waals surface area contributed by atoms with Crippen LogP contribution in [-0.2, 0) is 22.5 Å². The van der Waals surface area contributed by atoms with E-state index in [1.807, 2.05) is 32.0 Å². The average Bonchev–Trinajstić information content (AvgIpc) is 2.96. The van der Waals surface area contributed by atoms with Gasteiger partial charge in [-0.15, -0.1) is 0 Å². The molecule has 1 amide bonds. The lowest BCUT2D eigenvalue weighted by Gasteiger charge is -2.32. The minimum absolute atomic E-state index is 0.0624. The zero-order valence-electron chi connectivity index (χ0n) is 14.8. The van der Waals surface area contributed by atoms with E-state index in [0.717, 1.165) is 19.6 Å². The topological polar surface area (TPSA) is 67.6 Å². The molecule has 3 rings (SSSR count). The second kappa shape index (κ2) is 8.27. The van der Waals surface area contributed by atoms with Crippen LogP contribution < -0.4 is 5.32 Å². The Morgan fingerprint density at radius 2 is 2.16 bits per heavy atom. The van der Waals surface area contributed by atoms with E-state index in [4.69, 9.17) is 9.26 Å². The quantitative estimate of drug-likeness (QED) is 0.873. The SMILES string of the molecule is CCc1onc(C)c1NC(=O)C[C@H]1CN(Cc2ccccc2)CCO1. The summed E-state index contributed by atoms with van der Waals surface area (Å²) in [5.41, 5.74) is 2.69. The zero-order valence-corrected chi connectivity index (χ0v) is 14.8. The number of morpholine rings is 1. The Labute approximate surface area is 148 Å². The van der Waals surface area contributed by atoms with E-state index in [1.165, 1.54) is 5.56 Å². The molecular formula is C19H25N3O3. The number of ether oxygens (including phenoxy) is 1. The molecule has 1 aromatic carbocycles. The smallest absolute Gasteiger partial charge is 0.227 e. The lowest BCUT2D eigenvalue weighted by atomic mass is 10.1. The zero-order chi connectivity index (χ0) is 17.6. The van der Waals surface area contributed by atoms with Crippen LogP contribution in [0.15, 0.2) is 34.9 Å². The molecule has 25 heavy (non-hydrogen) atoms. The van der Waals surface area contributed by atoms with Crippen molar-refractivity contribution >= 4 is 11.6 Å². The van der Waals surface area contributed by atoms with Crippen LogP contribution in [0.5, 0.6) is 0 Å². The maximum absolute atomic E-state index is 12.4. The molecule has 1 fully saturated rings. The Bertz CT molecular complexity index is 699. The summed E-state index contributed by atoms with van der Waals surface area (Å²) in [7, 11) is 0. The Hall–Kier alpha value is -2.18. The summed E-state index contributed by atoms with van der Waals surface area (Å²) in [6, 6.07) is 10.4. The van der Waals surface area contributed by atoms with E-state index >= 15 is 0 Å². The minimum Gasteiger partial charge on any atom is -0.375 e. The van der Waals surface area contributed by atoms with Gasteiger partial charge < -0.3 is 14.6 Å². The monoisotopic (exact) mass is 343 g/mol. The van der Waals surface area contributed by atoms with Gasteiger partial charge in [-0.1, -0.05) is 42.4 Å². The molecule has 134 valence electrons. The molecule has 1 N–H and O–H groups in total. The highest BCUT2D eigenvalue weighted by atomic mass is 16.5. The molecular weight excluding hydrogens is 318 g/mol. The van der Waals surface area contributed by atoms with Crippen molar-refractivity contribution in [3.63, 3.8) is 0 Å². The number of benzene rings is 1. The highest BCUT2D eigenvalue weighted by Crippen LogP contribution is 2.21. The van der Waals surface area contributed by atoms with Crippen molar-refractivity contribution in [1.29, 1.82) is 0 Å². The number of hydrogen-bond acceptors (Lipinski definition) is 5. The highest BCUT2D eigenvalue weighted by Gasteiger charge is 2.24. The number of aryl methyl sites for hydroxylation is 2. The third-order valence-electron chi connectivity index (χ3n) is 4.40. The number of carbonyl (C=O) groups is 1. The number of amides is 1. The number of aromatic nitrogens is 1. The van der Waals surface area contributed by atoms with Crippen molar-refractivity contribution in [2.24, 2.45) is 0 Å². The first-order valence-electron chi connectivity index (χ1n) is 8.78. The van der Waals surface area contributed by atoms with Gasteiger partial charge in [0, 0.05) is 26.1 Å². The third-order valence-corrected chi connectivity index (χ3v) is 4.40. The van der Waals surface area contributed by atoms with E-state index in [-0.39, 0.29) is 12.0 Å². The van der Waals surface area contributed by atoms with E-state index in [2.05, 4.69) is 27.5 Å². The Balaban J connectivity index is 1.53. The molecule has 1 aromatic heterocycles. The molecule has 1 saturated heterocycles. The first kappa shape index (κ1) is 17.6. The van der Waals surface area contributed by atoms with Gasteiger partial charge in [0.25, 0.3) is 0 Å². The standard InChI is InChI=1S/C19H25N3O3/c1-3-17-19(14(2)21-25-17)20-18(23)11-16-13-22(9-10-24-16)12-15-7-5-4-6-8-15/h4-8,16H,3,9-13H2,1-2H3,(H,20,23)/t16-/m0/s1. The lowest BCUT2D eigenvalue weighted by Crippen LogP contribution is -2.43. The normalized spacial score (nSPS) is 18.2. The van der Waals surface area contributed by atoms with E-state index in [0.29, 0.717) is 36.6 Å². The van der Waals surface area contributed by atoms with Gasteiger partial charge >= 0.3 is 0 Å². The molecule has 1 atom stereocenters. The number of carbonyl (C=O) groups excluding carboxylic acids is 1. The fraction of sp³-hybridized carbons (Fsp3) is 0.474. The molecule has 0 spiro atoms. The Kier molecular flexibility index (Phi) is 5.83. The van der Waals surface area contributed by atoms with Crippen LogP contribution in [0, 0.1) is 6.92 Å². The molecule has 0 aliphatic carbocycles. The molecule has 1 aliphatic heterocycles. The molecule has 0 saturated carbocycles. The van der Waals surface area contributed by atoms with Crippen molar-refractivity contribution in [1.82, 2.24) is 10.1 Å². The number of rotatable bonds is 6. The second-order valence-electron chi connectivity index (χ2n) is 6.39. The summed E-state index contributed by atoms with van der Waals surface area (Å²) in [4.78, 5) is 14.7. The molecule has 6 heteroatoms. The van der Waals surface area contributed by atoms with Crippen LogP contribution in [0.3, 0.4) is 0 Å².